The first-order chi connectivity index (χ1) is 16.3. The van der Waals surface area contributed by atoms with Gasteiger partial charge in [-0.05, 0) is 24.3 Å². The molecule has 1 saturated heterocycles. The van der Waals surface area contributed by atoms with Crippen molar-refractivity contribution in [1.29, 1.82) is 0 Å². The average molecular weight is 462 g/mol. The first-order valence-corrected chi connectivity index (χ1v) is 10.6. The van der Waals surface area contributed by atoms with E-state index in [9.17, 15) is 34.6 Å². The highest BCUT2D eigenvalue weighted by Crippen LogP contribution is 2.53. The lowest BCUT2D eigenvalue weighted by atomic mass is 9.85. The predicted molar refractivity (Wildman–Crippen MR) is 116 cm³/mol. The molecule has 2 bridgehead atoms. The Balaban J connectivity index is 1.57. The molecule has 1 aliphatic heterocycles. The molecule has 2 fully saturated rings. The Kier molecular flexibility index (Phi) is 4.96. The van der Waals surface area contributed by atoms with Crippen molar-refractivity contribution in [3.8, 4) is 0 Å². The van der Waals surface area contributed by atoms with Gasteiger partial charge in [-0.15, -0.1) is 0 Å². The Morgan fingerprint density at radius 1 is 0.941 bits per heavy atom. The number of carbonyl (C=O) groups is 3. The van der Waals surface area contributed by atoms with Crippen molar-refractivity contribution in [2.45, 2.75) is 13.0 Å². The lowest BCUT2D eigenvalue weighted by Crippen LogP contribution is -2.50. The number of nitro benzene ring substituents is 2. The highest BCUT2D eigenvalue weighted by atomic mass is 16.6. The quantitative estimate of drug-likeness (QED) is 0.278. The number of imide groups is 1. The van der Waals surface area contributed by atoms with Crippen molar-refractivity contribution in [3.05, 3.63) is 92.0 Å². The third kappa shape index (κ3) is 3.24. The van der Waals surface area contributed by atoms with E-state index in [1.54, 1.807) is 6.07 Å². The molecule has 11 nitrogen and oxygen atoms in total. The summed E-state index contributed by atoms with van der Waals surface area (Å²) >= 11 is 0. The summed E-state index contributed by atoms with van der Waals surface area (Å²) in [6.45, 7) is -0.432. The lowest BCUT2D eigenvalue weighted by Gasteiger charge is -2.31. The summed E-state index contributed by atoms with van der Waals surface area (Å²) in [4.78, 5) is 61.8. The van der Waals surface area contributed by atoms with Crippen LogP contribution in [-0.4, -0.2) is 37.6 Å². The summed E-state index contributed by atoms with van der Waals surface area (Å²) in [7, 11) is 0. The fourth-order valence-electron chi connectivity index (χ4n) is 5.24. The van der Waals surface area contributed by atoms with Crippen molar-refractivity contribution >= 4 is 29.1 Å². The molecule has 2 aromatic carbocycles. The first-order valence-electron chi connectivity index (χ1n) is 10.6. The fraction of sp³-hybridized carbons (Fsp3) is 0.261. The third-order valence-corrected chi connectivity index (χ3v) is 6.74. The number of hydrogen-bond acceptors (Lipinski definition) is 7. The van der Waals surface area contributed by atoms with Crippen molar-refractivity contribution < 1.29 is 24.2 Å². The molecule has 1 saturated carbocycles. The number of carbonyl (C=O) groups excluding carboxylic acids is 3. The minimum atomic E-state index is -0.844. The van der Waals surface area contributed by atoms with Crippen LogP contribution in [0.25, 0.3) is 0 Å². The lowest BCUT2D eigenvalue weighted by molar-refractivity contribution is -0.385. The highest BCUT2D eigenvalue weighted by molar-refractivity contribution is 6.08. The summed E-state index contributed by atoms with van der Waals surface area (Å²) in [5, 5.41) is 24.4. The minimum absolute atomic E-state index is 0.0997. The summed E-state index contributed by atoms with van der Waals surface area (Å²) in [5.41, 5.74) is -0.619. The summed E-state index contributed by atoms with van der Waals surface area (Å²) in [5.74, 6) is -3.30. The molecule has 0 unspecified atom stereocenters. The molecular formula is C23H18N4O7. The highest BCUT2D eigenvalue weighted by Gasteiger charge is 2.61. The van der Waals surface area contributed by atoms with E-state index in [2.05, 4.69) is 0 Å². The van der Waals surface area contributed by atoms with Crippen LogP contribution < -0.4 is 0 Å². The van der Waals surface area contributed by atoms with Gasteiger partial charge in [0.05, 0.1) is 33.8 Å². The molecule has 2 aliphatic carbocycles. The van der Waals surface area contributed by atoms with Crippen LogP contribution in [0, 0.1) is 43.9 Å². The number of hydrazine groups is 1. The van der Waals surface area contributed by atoms with Gasteiger partial charge in [0, 0.05) is 23.8 Å². The second-order valence-electron chi connectivity index (χ2n) is 8.54. The van der Waals surface area contributed by atoms with E-state index >= 15 is 0 Å². The van der Waals surface area contributed by atoms with E-state index in [0.29, 0.717) is 6.42 Å². The molecule has 0 spiro atoms. The molecule has 34 heavy (non-hydrogen) atoms. The second kappa shape index (κ2) is 7.87. The van der Waals surface area contributed by atoms with E-state index in [0.717, 1.165) is 16.1 Å². The SMILES string of the molecule is O=C(c1cccc([N+](=O)[O-])c1)N(Cc1ccccc1[N+](=O)[O-])N1C(=O)[C@@H]2[C@@H](C1=O)[C@H]1C=C[C@H]2C1. The van der Waals surface area contributed by atoms with Gasteiger partial charge in [-0.3, -0.25) is 34.6 Å². The standard InChI is InChI=1S/C23H18N4O7/c28-21(15-5-3-6-17(11-15)26(31)32)24(12-16-4-1-2-7-18(16)27(33)34)25-22(29)19-13-8-9-14(10-13)20(19)23(25)30/h1-9,11,13-14,19-20H,10,12H2/t13-,14-,19-,20-/m0/s1. The van der Waals surface area contributed by atoms with Crippen molar-refractivity contribution in [2.75, 3.05) is 0 Å². The van der Waals surface area contributed by atoms with E-state index in [4.69, 9.17) is 0 Å². The van der Waals surface area contributed by atoms with E-state index < -0.39 is 45.9 Å². The predicted octanol–water partition coefficient (Wildman–Crippen LogP) is 2.87. The number of para-hydroxylation sites is 1. The Morgan fingerprint density at radius 3 is 2.21 bits per heavy atom. The van der Waals surface area contributed by atoms with Crippen LogP contribution in [0.1, 0.15) is 22.3 Å². The number of nitrogens with zero attached hydrogens (tertiary/aromatic N) is 4. The Bertz CT molecular complexity index is 1260. The number of non-ortho nitro benzene ring substituents is 1. The average Bonchev–Trinajstić information content (AvgIpc) is 3.51. The number of fused-ring (bicyclic) bond motifs is 5. The van der Waals surface area contributed by atoms with Crippen molar-refractivity contribution in [2.24, 2.45) is 23.7 Å². The summed E-state index contributed by atoms with van der Waals surface area (Å²) < 4.78 is 0. The first kappa shape index (κ1) is 21.4. The zero-order valence-electron chi connectivity index (χ0n) is 17.6. The van der Waals surface area contributed by atoms with Crippen LogP contribution in [0.15, 0.2) is 60.7 Å². The minimum Gasteiger partial charge on any atom is -0.272 e. The van der Waals surface area contributed by atoms with Crippen LogP contribution in [0.5, 0.6) is 0 Å². The maximum absolute atomic E-state index is 13.6. The molecule has 0 aromatic heterocycles. The zero-order valence-corrected chi connectivity index (χ0v) is 17.6. The Labute approximate surface area is 192 Å². The van der Waals surface area contributed by atoms with Gasteiger partial charge in [-0.1, -0.05) is 36.4 Å². The van der Waals surface area contributed by atoms with Crippen LogP contribution in [0.4, 0.5) is 11.4 Å². The number of benzene rings is 2. The van der Waals surface area contributed by atoms with Gasteiger partial charge < -0.3 is 0 Å². The second-order valence-corrected chi connectivity index (χ2v) is 8.54. The summed E-state index contributed by atoms with van der Waals surface area (Å²) in [6.07, 6.45) is 4.52. The number of amides is 3. The third-order valence-electron chi connectivity index (χ3n) is 6.74. The number of allylic oxidation sites excluding steroid dienone is 2. The molecule has 0 radical (unpaired) electrons. The van der Waals surface area contributed by atoms with E-state index in [1.165, 1.54) is 36.4 Å². The topological polar surface area (TPSA) is 144 Å². The van der Waals surface area contributed by atoms with Crippen LogP contribution in [-0.2, 0) is 16.1 Å². The molecule has 1 heterocycles. The van der Waals surface area contributed by atoms with Crippen molar-refractivity contribution in [3.63, 3.8) is 0 Å². The van der Waals surface area contributed by atoms with Gasteiger partial charge in [0.25, 0.3) is 29.1 Å². The molecular weight excluding hydrogens is 444 g/mol. The smallest absolute Gasteiger partial charge is 0.272 e. The largest absolute Gasteiger partial charge is 0.274 e. The zero-order chi connectivity index (χ0) is 24.1. The van der Waals surface area contributed by atoms with Gasteiger partial charge >= 0.3 is 0 Å². The molecule has 0 N–H and O–H groups in total. The molecule has 4 atom stereocenters. The molecule has 172 valence electrons. The molecule has 11 heteroatoms. The van der Waals surface area contributed by atoms with Crippen molar-refractivity contribution in [1.82, 2.24) is 10.0 Å². The van der Waals surface area contributed by atoms with E-state index in [-0.39, 0.29) is 34.3 Å². The van der Waals surface area contributed by atoms with Crippen LogP contribution in [0.2, 0.25) is 0 Å². The number of rotatable bonds is 6. The van der Waals surface area contributed by atoms with Crippen LogP contribution >= 0.6 is 0 Å². The van der Waals surface area contributed by atoms with Gasteiger partial charge in [0.1, 0.15) is 0 Å². The monoisotopic (exact) mass is 462 g/mol. The maximum Gasteiger partial charge on any atom is 0.274 e. The van der Waals surface area contributed by atoms with Gasteiger partial charge in [-0.25, -0.2) is 5.01 Å². The van der Waals surface area contributed by atoms with Gasteiger partial charge in [0.2, 0.25) is 0 Å². The molecule has 5 rings (SSSR count). The van der Waals surface area contributed by atoms with E-state index in [1.807, 2.05) is 12.2 Å². The van der Waals surface area contributed by atoms with Crippen LogP contribution in [0.3, 0.4) is 0 Å². The Morgan fingerprint density at radius 2 is 1.59 bits per heavy atom. The van der Waals surface area contributed by atoms with Gasteiger partial charge in [-0.2, -0.15) is 5.01 Å². The molecule has 3 aliphatic rings. The molecule has 2 aromatic rings. The van der Waals surface area contributed by atoms with Gasteiger partial charge in [0.15, 0.2) is 0 Å². The maximum atomic E-state index is 13.6. The fourth-order valence-corrected chi connectivity index (χ4v) is 5.24. The number of hydrogen-bond donors (Lipinski definition) is 0. The summed E-state index contributed by atoms with van der Waals surface area (Å²) in [6, 6.07) is 10.6. The Hall–Kier alpha value is -4.41. The normalized spacial score (nSPS) is 24.4. The number of nitro groups is 2. The molecule has 3 amide bonds.